The van der Waals surface area contributed by atoms with Crippen LogP contribution in [0, 0.1) is 0 Å². The van der Waals surface area contributed by atoms with Crippen LogP contribution in [0.1, 0.15) is 15.9 Å². The van der Waals surface area contributed by atoms with Gasteiger partial charge in [-0.05, 0) is 30.3 Å². The molecule has 1 aromatic carbocycles. The van der Waals surface area contributed by atoms with Gasteiger partial charge >= 0.3 is 5.69 Å². The highest BCUT2D eigenvalue weighted by Crippen LogP contribution is 2.08. The summed E-state index contributed by atoms with van der Waals surface area (Å²) >= 11 is 5.73. The predicted octanol–water partition coefficient (Wildman–Crippen LogP) is 0.212. The quantitative estimate of drug-likeness (QED) is 0.602. The van der Waals surface area contributed by atoms with E-state index in [1.807, 2.05) is 0 Å². The van der Waals surface area contributed by atoms with E-state index in [1.165, 1.54) is 43.1 Å². The average Bonchev–Trinajstić information content (AvgIpc) is 2.60. The van der Waals surface area contributed by atoms with Crippen LogP contribution in [-0.4, -0.2) is 20.9 Å². The molecule has 0 aliphatic rings. The number of hydrazine groups is 1. The molecule has 0 atom stereocenters. The minimum Gasteiger partial charge on any atom is -0.303 e. The molecule has 0 radical (unpaired) electrons. The lowest BCUT2D eigenvalue weighted by Gasteiger charge is -2.05. The summed E-state index contributed by atoms with van der Waals surface area (Å²) < 4.78 is 2.15. The number of rotatable bonds is 3. The molecule has 0 saturated carbocycles. The Balaban J connectivity index is 2.02. The maximum atomic E-state index is 11.9. The minimum atomic E-state index is -0.641. The average molecular weight is 363 g/mol. The first-order valence-electron chi connectivity index (χ1n) is 7.10. The number of nitrogens with zero attached hydrogens (tertiary/aromatic N) is 2. The van der Waals surface area contributed by atoms with E-state index < -0.39 is 23.1 Å². The van der Waals surface area contributed by atoms with Gasteiger partial charge in [0.05, 0.1) is 5.56 Å². The van der Waals surface area contributed by atoms with Gasteiger partial charge in [0, 0.05) is 37.0 Å². The predicted molar refractivity (Wildman–Crippen MR) is 93.0 cm³/mol. The Morgan fingerprint density at radius 1 is 1.08 bits per heavy atom. The molecule has 0 spiro atoms. The maximum Gasteiger partial charge on any atom is 0.330 e. The molecule has 2 N–H and O–H groups in total. The number of aromatic nitrogens is 2. The van der Waals surface area contributed by atoms with Gasteiger partial charge in [-0.2, -0.15) is 0 Å². The Morgan fingerprint density at radius 2 is 1.72 bits per heavy atom. The van der Waals surface area contributed by atoms with E-state index in [2.05, 4.69) is 10.9 Å². The second-order valence-electron chi connectivity index (χ2n) is 5.13. The van der Waals surface area contributed by atoms with Crippen LogP contribution in [0.4, 0.5) is 0 Å². The van der Waals surface area contributed by atoms with Gasteiger partial charge in [-0.3, -0.25) is 29.8 Å². The molecule has 1 aromatic heterocycles. The Bertz CT molecular complexity index is 958. The summed E-state index contributed by atoms with van der Waals surface area (Å²) in [4.78, 5) is 47.1. The van der Waals surface area contributed by atoms with Crippen molar-refractivity contribution in [1.29, 1.82) is 0 Å². The van der Waals surface area contributed by atoms with Crippen LogP contribution in [0.15, 0.2) is 46.1 Å². The van der Waals surface area contributed by atoms with E-state index in [0.717, 1.165) is 10.6 Å². The van der Waals surface area contributed by atoms with Crippen molar-refractivity contribution in [1.82, 2.24) is 20.0 Å². The van der Waals surface area contributed by atoms with Crippen molar-refractivity contribution in [3.05, 3.63) is 73.5 Å². The first-order chi connectivity index (χ1) is 11.8. The monoisotopic (exact) mass is 362 g/mol. The second-order valence-corrected chi connectivity index (χ2v) is 5.56. The van der Waals surface area contributed by atoms with Gasteiger partial charge in [0.25, 0.3) is 17.4 Å². The highest BCUT2D eigenvalue weighted by molar-refractivity contribution is 6.30. The third kappa shape index (κ3) is 4.45. The summed E-state index contributed by atoms with van der Waals surface area (Å²) in [6.45, 7) is 0. The van der Waals surface area contributed by atoms with E-state index in [0.29, 0.717) is 10.6 Å². The van der Waals surface area contributed by atoms with Gasteiger partial charge < -0.3 is 4.57 Å². The lowest BCUT2D eigenvalue weighted by molar-refractivity contribution is -0.117. The maximum absolute atomic E-state index is 11.9. The van der Waals surface area contributed by atoms with Gasteiger partial charge in [-0.1, -0.05) is 11.6 Å². The smallest absolute Gasteiger partial charge is 0.303 e. The van der Waals surface area contributed by atoms with Crippen molar-refractivity contribution in [3.63, 3.8) is 0 Å². The highest BCUT2D eigenvalue weighted by atomic mass is 35.5. The molecule has 0 aliphatic carbocycles. The number of aryl methyl sites for hydroxylation is 1. The Kier molecular flexibility index (Phi) is 5.56. The van der Waals surface area contributed by atoms with Crippen LogP contribution >= 0.6 is 11.6 Å². The second kappa shape index (κ2) is 7.63. The number of benzene rings is 1. The van der Waals surface area contributed by atoms with E-state index in [-0.39, 0.29) is 5.56 Å². The Morgan fingerprint density at radius 3 is 2.36 bits per heavy atom. The van der Waals surface area contributed by atoms with Gasteiger partial charge in [0.2, 0.25) is 0 Å². The number of hydrogen-bond donors (Lipinski definition) is 2. The summed E-state index contributed by atoms with van der Waals surface area (Å²) in [5.41, 5.74) is 3.90. The Hall–Kier alpha value is -3.13. The Labute approximate surface area is 147 Å². The number of carbonyl (C=O) groups excluding carboxylic acids is 2. The van der Waals surface area contributed by atoms with E-state index >= 15 is 0 Å². The molecule has 0 bridgehead atoms. The highest BCUT2D eigenvalue weighted by Gasteiger charge is 2.07. The zero-order valence-corrected chi connectivity index (χ0v) is 14.2. The zero-order valence-electron chi connectivity index (χ0n) is 13.4. The largest absolute Gasteiger partial charge is 0.330 e. The first kappa shape index (κ1) is 18.2. The van der Waals surface area contributed by atoms with Crippen molar-refractivity contribution < 1.29 is 9.59 Å². The van der Waals surface area contributed by atoms with E-state index in [1.54, 1.807) is 12.1 Å². The van der Waals surface area contributed by atoms with Gasteiger partial charge in [0.1, 0.15) is 0 Å². The van der Waals surface area contributed by atoms with Crippen molar-refractivity contribution in [2.75, 3.05) is 0 Å². The molecule has 25 heavy (non-hydrogen) atoms. The molecule has 9 heteroatoms. The van der Waals surface area contributed by atoms with Crippen LogP contribution < -0.4 is 22.1 Å². The van der Waals surface area contributed by atoms with Crippen LogP contribution in [0.5, 0.6) is 0 Å². The minimum absolute atomic E-state index is 0.156. The van der Waals surface area contributed by atoms with Crippen LogP contribution in [0.2, 0.25) is 5.02 Å². The zero-order chi connectivity index (χ0) is 18.6. The molecule has 2 aromatic rings. The lowest BCUT2D eigenvalue weighted by atomic mass is 10.2. The number of carbonyl (C=O) groups is 2. The van der Waals surface area contributed by atoms with Gasteiger partial charge in [0.15, 0.2) is 0 Å². The fraction of sp³-hybridized carbons (Fsp3) is 0.125. The summed E-state index contributed by atoms with van der Waals surface area (Å²) in [5.74, 6) is -1.16. The van der Waals surface area contributed by atoms with Crippen molar-refractivity contribution in [3.8, 4) is 0 Å². The molecule has 2 amide bonds. The summed E-state index contributed by atoms with van der Waals surface area (Å²) in [6.07, 6.45) is 3.65. The molecule has 0 unspecified atom stereocenters. The molecule has 0 saturated heterocycles. The molecule has 2 rings (SSSR count). The molecular formula is C16H15ClN4O4. The topological polar surface area (TPSA) is 102 Å². The number of amides is 2. The summed E-state index contributed by atoms with van der Waals surface area (Å²) in [6, 6.07) is 6.11. The van der Waals surface area contributed by atoms with Crippen molar-refractivity contribution in [2.24, 2.45) is 14.1 Å². The molecule has 1 heterocycles. The van der Waals surface area contributed by atoms with Gasteiger partial charge in [-0.15, -0.1) is 0 Å². The normalized spacial score (nSPS) is 10.7. The van der Waals surface area contributed by atoms with Crippen molar-refractivity contribution in [2.45, 2.75) is 0 Å². The fourth-order valence-electron chi connectivity index (χ4n) is 1.95. The molecule has 0 fully saturated rings. The number of nitrogens with one attached hydrogen (secondary N) is 2. The molecule has 8 nitrogen and oxygen atoms in total. The third-order valence-electron chi connectivity index (χ3n) is 3.29. The van der Waals surface area contributed by atoms with Crippen LogP contribution in [-0.2, 0) is 18.9 Å². The first-order valence-corrected chi connectivity index (χ1v) is 7.48. The number of halogens is 1. The molecular weight excluding hydrogens is 348 g/mol. The van der Waals surface area contributed by atoms with Crippen molar-refractivity contribution >= 4 is 29.5 Å². The summed E-state index contributed by atoms with van der Waals surface area (Å²) in [7, 11) is 2.83. The standard InChI is InChI=1S/C16H15ClN4O4/c1-20-9-11(15(24)21(2)16(20)25)5-8-13(22)18-19-14(23)10-3-6-12(17)7-4-10/h3-9H,1-2H3,(H,18,22)(H,19,23)/b8-5+. The van der Waals surface area contributed by atoms with E-state index in [9.17, 15) is 19.2 Å². The summed E-state index contributed by atoms with van der Waals surface area (Å²) in [5, 5.41) is 0.488. The number of hydrogen-bond acceptors (Lipinski definition) is 4. The van der Waals surface area contributed by atoms with E-state index in [4.69, 9.17) is 11.6 Å². The third-order valence-corrected chi connectivity index (χ3v) is 3.54. The van der Waals surface area contributed by atoms with Gasteiger partial charge in [-0.25, -0.2) is 4.79 Å². The van der Waals surface area contributed by atoms with Crippen LogP contribution in [0.25, 0.3) is 6.08 Å². The lowest BCUT2D eigenvalue weighted by Crippen LogP contribution is -2.41. The fourth-order valence-corrected chi connectivity index (χ4v) is 2.08. The van der Waals surface area contributed by atoms with Crippen LogP contribution in [0.3, 0.4) is 0 Å². The molecule has 130 valence electrons. The SMILES string of the molecule is Cn1cc(/C=C/C(=O)NNC(=O)c2ccc(Cl)cc2)c(=O)n(C)c1=O. The molecule has 0 aliphatic heterocycles.